The van der Waals surface area contributed by atoms with Crippen LogP contribution in [0.2, 0.25) is 0 Å². The molecule has 0 aromatic heterocycles. The molecule has 256 valence electrons. The number of carbonyl (C=O) groups is 8. The van der Waals surface area contributed by atoms with Crippen LogP contribution in [0, 0.1) is 0 Å². The van der Waals surface area contributed by atoms with Gasteiger partial charge in [-0.2, -0.15) is 24.4 Å². The van der Waals surface area contributed by atoms with E-state index >= 15 is 0 Å². The number of nitrogens with one attached hydrogen (secondary N) is 6. The van der Waals surface area contributed by atoms with Crippen molar-refractivity contribution in [3.63, 3.8) is 0 Å². The molecule has 0 aliphatic rings. The number of carbonyl (C=O) groups excluding carboxylic acids is 6. The van der Waals surface area contributed by atoms with E-state index < -0.39 is 97.1 Å². The van der Waals surface area contributed by atoms with Gasteiger partial charge in [-0.1, -0.05) is 0 Å². The van der Waals surface area contributed by atoms with Crippen LogP contribution < -0.4 is 43.4 Å². The lowest BCUT2D eigenvalue weighted by atomic mass is 10.1. The van der Waals surface area contributed by atoms with E-state index in [0.29, 0.717) is 25.1 Å². The average Bonchev–Trinajstić information content (AvgIpc) is 2.98. The van der Waals surface area contributed by atoms with E-state index in [2.05, 4.69) is 44.5 Å². The molecule has 0 aliphatic carbocycles. The molecule has 5 atom stereocenters. The van der Waals surface area contributed by atoms with Gasteiger partial charge in [0.15, 0.2) is 0 Å². The van der Waals surface area contributed by atoms with Crippen molar-refractivity contribution >= 4 is 71.8 Å². The summed E-state index contributed by atoms with van der Waals surface area (Å²) < 4.78 is 0. The minimum atomic E-state index is -1.65. The normalized spacial score (nSPS) is 14.0. The first kappa shape index (κ1) is 41.4. The number of thioether (sulfide) groups is 1. The summed E-state index contributed by atoms with van der Waals surface area (Å²) in [4.78, 5) is 97.1. The van der Waals surface area contributed by atoms with Gasteiger partial charge in [-0.05, 0) is 51.2 Å². The van der Waals surface area contributed by atoms with Gasteiger partial charge in [0.05, 0.1) is 25.6 Å². The average molecular weight is 681 g/mol. The third-order valence-electron chi connectivity index (χ3n) is 5.99. The zero-order valence-corrected chi connectivity index (χ0v) is 26.8. The van der Waals surface area contributed by atoms with Crippen molar-refractivity contribution in [1.29, 1.82) is 0 Å². The number of aliphatic carboxylic acids is 2. The third-order valence-corrected chi connectivity index (χ3v) is 7.02. The maximum Gasteiger partial charge on any atom is 0.326 e. The second-order valence-electron chi connectivity index (χ2n) is 9.76. The fraction of sp³-hybridized carbons (Fsp3) is 0.680. The van der Waals surface area contributed by atoms with E-state index in [0.717, 1.165) is 0 Å². The van der Waals surface area contributed by atoms with Gasteiger partial charge in [0.1, 0.15) is 24.2 Å². The highest BCUT2D eigenvalue weighted by Crippen LogP contribution is 2.03. The number of hydrogen-bond donors (Lipinski definition) is 11. The lowest BCUT2D eigenvalue weighted by Crippen LogP contribution is -2.56. The second-order valence-corrected chi connectivity index (χ2v) is 11.1. The SMILES string of the molecule is CSCC[C@H](NC(=O)[C@@H](N)CS)C(=O)NCC(=O)N[C@@H](C)C(=O)N[C@@H](CC(=O)O)C(=O)NCC(=O)N[C@@H](CCCCN)C(=O)O. The molecule has 0 fully saturated rings. The number of rotatable bonds is 23. The first-order valence-corrected chi connectivity index (χ1v) is 15.9. The monoisotopic (exact) mass is 680 g/mol. The summed E-state index contributed by atoms with van der Waals surface area (Å²) in [5.41, 5.74) is 11.0. The molecule has 0 rings (SSSR count). The summed E-state index contributed by atoms with van der Waals surface area (Å²) in [5.74, 6) is -7.07. The van der Waals surface area contributed by atoms with E-state index in [-0.39, 0.29) is 18.6 Å². The van der Waals surface area contributed by atoms with Gasteiger partial charge < -0.3 is 53.6 Å². The van der Waals surface area contributed by atoms with Crippen LogP contribution in [-0.2, 0) is 38.4 Å². The van der Waals surface area contributed by atoms with Crippen LogP contribution >= 0.6 is 24.4 Å². The molecule has 0 saturated heterocycles. The minimum Gasteiger partial charge on any atom is -0.481 e. The topological polar surface area (TPSA) is 301 Å². The van der Waals surface area contributed by atoms with E-state index in [1.807, 2.05) is 0 Å². The number of amides is 6. The Balaban J connectivity index is 5.05. The number of hydrogen-bond acceptors (Lipinski definition) is 12. The number of unbranched alkanes of at least 4 members (excludes halogenated alkanes) is 1. The van der Waals surface area contributed by atoms with Crippen LogP contribution in [-0.4, -0.2) is 125 Å². The Labute approximate surface area is 270 Å². The minimum absolute atomic E-state index is 0.0541. The predicted molar refractivity (Wildman–Crippen MR) is 167 cm³/mol. The van der Waals surface area contributed by atoms with Crippen molar-refractivity contribution in [2.45, 2.75) is 69.2 Å². The van der Waals surface area contributed by atoms with E-state index in [4.69, 9.17) is 11.5 Å². The highest BCUT2D eigenvalue weighted by Gasteiger charge is 2.28. The summed E-state index contributed by atoms with van der Waals surface area (Å²) in [6.45, 7) is 0.322. The van der Waals surface area contributed by atoms with Crippen LogP contribution in [0.25, 0.3) is 0 Å². The van der Waals surface area contributed by atoms with Gasteiger partial charge in [-0.3, -0.25) is 33.6 Å². The van der Waals surface area contributed by atoms with Crippen LogP contribution in [0.1, 0.15) is 39.0 Å². The molecular formula is C25H44N8O10S2. The lowest BCUT2D eigenvalue weighted by Gasteiger charge is -2.21. The fourth-order valence-electron chi connectivity index (χ4n) is 3.48. The van der Waals surface area contributed by atoms with E-state index in [9.17, 15) is 48.6 Å². The van der Waals surface area contributed by atoms with Crippen molar-refractivity contribution < 1.29 is 48.6 Å². The first-order chi connectivity index (χ1) is 21.2. The molecule has 45 heavy (non-hydrogen) atoms. The van der Waals surface area contributed by atoms with Gasteiger partial charge in [0.25, 0.3) is 0 Å². The maximum absolute atomic E-state index is 12.6. The second kappa shape index (κ2) is 22.8. The summed E-state index contributed by atoms with van der Waals surface area (Å²) in [7, 11) is 0. The highest BCUT2D eigenvalue weighted by atomic mass is 32.2. The quantitative estimate of drug-likeness (QED) is 0.0361. The Morgan fingerprint density at radius 2 is 1.31 bits per heavy atom. The Bertz CT molecular complexity index is 1050. The zero-order valence-electron chi connectivity index (χ0n) is 25.1. The molecule has 0 aromatic rings. The van der Waals surface area contributed by atoms with Crippen molar-refractivity contribution in [3.05, 3.63) is 0 Å². The van der Waals surface area contributed by atoms with E-state index in [1.54, 1.807) is 6.26 Å². The Kier molecular flexibility index (Phi) is 21.0. The van der Waals surface area contributed by atoms with Crippen LogP contribution in [0.15, 0.2) is 0 Å². The van der Waals surface area contributed by atoms with Gasteiger partial charge in [0.2, 0.25) is 35.4 Å². The van der Waals surface area contributed by atoms with E-state index in [1.165, 1.54) is 18.7 Å². The van der Waals surface area contributed by atoms with Crippen molar-refractivity contribution in [2.24, 2.45) is 11.5 Å². The Hall–Kier alpha value is -3.62. The largest absolute Gasteiger partial charge is 0.481 e. The molecule has 0 unspecified atom stereocenters. The van der Waals surface area contributed by atoms with Gasteiger partial charge in [0, 0.05) is 5.75 Å². The molecule has 12 N–H and O–H groups in total. The number of nitrogens with two attached hydrogens (primary N) is 2. The van der Waals surface area contributed by atoms with Crippen LogP contribution in [0.5, 0.6) is 0 Å². The lowest BCUT2D eigenvalue weighted by molar-refractivity contribution is -0.142. The standard InChI is InChI=1S/C25H44N8O10S2/c1-13(30-18(34)10-28-23(40)15(6-8-45-2)32-22(39)14(27)12-44)21(38)33-17(9-20(36)37)24(41)29-11-19(35)31-16(25(42)43)5-3-4-7-26/h13-17,44H,3-12,26-27H2,1-2H3,(H,28,40)(H,29,41)(H,30,34)(H,31,35)(H,32,39)(H,33,38)(H,36,37)(H,42,43)/t13-,14-,15-,16-,17-/m0/s1. The number of carboxylic acid groups (broad SMARTS) is 2. The molecule has 0 spiro atoms. The summed E-state index contributed by atoms with van der Waals surface area (Å²) >= 11 is 5.38. The summed E-state index contributed by atoms with van der Waals surface area (Å²) in [6, 6.07) is -6.07. The first-order valence-electron chi connectivity index (χ1n) is 13.9. The Morgan fingerprint density at radius 3 is 1.82 bits per heavy atom. The third kappa shape index (κ3) is 18.1. The Morgan fingerprint density at radius 1 is 0.756 bits per heavy atom. The van der Waals surface area contributed by atoms with Gasteiger partial charge in [-0.15, -0.1) is 0 Å². The molecule has 0 aromatic carbocycles. The molecule has 0 saturated carbocycles. The molecule has 0 heterocycles. The number of thiol groups is 1. The molecular weight excluding hydrogens is 636 g/mol. The molecule has 0 bridgehead atoms. The maximum atomic E-state index is 12.6. The predicted octanol–water partition coefficient (Wildman–Crippen LogP) is -4.12. The van der Waals surface area contributed by atoms with Crippen molar-refractivity contribution in [2.75, 3.05) is 37.4 Å². The summed E-state index contributed by atoms with van der Waals surface area (Å²) in [6.07, 6.45) is 2.29. The van der Waals surface area contributed by atoms with Crippen molar-refractivity contribution in [1.82, 2.24) is 31.9 Å². The van der Waals surface area contributed by atoms with Gasteiger partial charge in [-0.25, -0.2) is 4.79 Å². The zero-order chi connectivity index (χ0) is 34.5. The fourth-order valence-corrected chi connectivity index (χ4v) is 4.12. The molecule has 0 aliphatic heterocycles. The summed E-state index contributed by atoms with van der Waals surface area (Å²) in [5, 5.41) is 32.1. The smallest absolute Gasteiger partial charge is 0.326 e. The van der Waals surface area contributed by atoms with Crippen LogP contribution in [0.4, 0.5) is 0 Å². The molecule has 0 radical (unpaired) electrons. The highest BCUT2D eigenvalue weighted by molar-refractivity contribution is 7.98. The van der Waals surface area contributed by atoms with Crippen molar-refractivity contribution in [3.8, 4) is 0 Å². The molecule has 20 heteroatoms. The van der Waals surface area contributed by atoms with Crippen LogP contribution in [0.3, 0.4) is 0 Å². The van der Waals surface area contributed by atoms with Gasteiger partial charge >= 0.3 is 11.9 Å². The molecule has 18 nitrogen and oxygen atoms in total. The number of carboxylic acids is 2. The molecule has 6 amide bonds.